The lowest BCUT2D eigenvalue weighted by Gasteiger charge is -2.35. The highest BCUT2D eigenvalue weighted by atomic mass is 32.1. The van der Waals surface area contributed by atoms with Gasteiger partial charge in [-0.1, -0.05) is 18.2 Å². The summed E-state index contributed by atoms with van der Waals surface area (Å²) in [6, 6.07) is 11.9. The molecule has 3 aromatic rings. The molecular formula is C23H22F4N4OS. The van der Waals surface area contributed by atoms with Crippen molar-refractivity contribution in [1.29, 1.82) is 0 Å². The number of amides is 1. The van der Waals surface area contributed by atoms with Crippen LogP contribution in [-0.2, 0) is 11.0 Å². The molecule has 1 aliphatic rings. The maximum Gasteiger partial charge on any atom is 0.417 e. The summed E-state index contributed by atoms with van der Waals surface area (Å²) in [6.45, 7) is 2.46. The van der Waals surface area contributed by atoms with Crippen molar-refractivity contribution >= 4 is 23.1 Å². The standard InChI is InChI=1S/C23H22F4N4OS/c24-18-6-3-16(4-7-18)22(19-2-1-13-33-19)29-21(32)15-30-9-11-31(12-10-30)20-8-5-17(14-28-20)23(25,26)27/h1-8,13-14,22H,9-12,15H2,(H,29,32). The number of alkyl halides is 3. The number of carbonyl (C=O) groups is 1. The van der Waals surface area contributed by atoms with Crippen LogP contribution in [0.3, 0.4) is 0 Å². The van der Waals surface area contributed by atoms with Gasteiger partial charge in [-0.3, -0.25) is 9.69 Å². The zero-order chi connectivity index (χ0) is 23.4. The SMILES string of the molecule is O=C(CN1CCN(c2ccc(C(F)(F)F)cn2)CC1)NC(c1ccc(F)cc1)c1cccs1. The quantitative estimate of drug-likeness (QED) is 0.536. The van der Waals surface area contributed by atoms with E-state index in [-0.39, 0.29) is 24.3 Å². The second kappa shape index (κ2) is 9.88. The molecule has 1 unspecified atom stereocenters. The van der Waals surface area contributed by atoms with Crippen molar-refractivity contribution in [2.24, 2.45) is 0 Å². The number of thiophene rings is 1. The minimum Gasteiger partial charge on any atom is -0.354 e. The van der Waals surface area contributed by atoms with Crippen molar-refractivity contribution in [3.05, 3.63) is 81.9 Å². The van der Waals surface area contributed by atoms with Crippen molar-refractivity contribution in [2.45, 2.75) is 12.2 Å². The van der Waals surface area contributed by atoms with Crippen LogP contribution in [0.1, 0.15) is 22.0 Å². The van der Waals surface area contributed by atoms with E-state index in [0.29, 0.717) is 32.0 Å². The van der Waals surface area contributed by atoms with Gasteiger partial charge >= 0.3 is 6.18 Å². The first-order valence-corrected chi connectivity index (χ1v) is 11.3. The van der Waals surface area contributed by atoms with Gasteiger partial charge in [-0.25, -0.2) is 9.37 Å². The van der Waals surface area contributed by atoms with Crippen LogP contribution < -0.4 is 10.2 Å². The highest BCUT2D eigenvalue weighted by Gasteiger charge is 2.31. The molecule has 0 radical (unpaired) electrons. The van der Waals surface area contributed by atoms with Crippen LogP contribution in [0.4, 0.5) is 23.4 Å². The molecule has 33 heavy (non-hydrogen) atoms. The Hall–Kier alpha value is -2.98. The lowest BCUT2D eigenvalue weighted by molar-refractivity contribution is -0.137. The number of pyridine rings is 1. The summed E-state index contributed by atoms with van der Waals surface area (Å²) in [5.41, 5.74) is 0.0217. The lowest BCUT2D eigenvalue weighted by atomic mass is 10.1. The van der Waals surface area contributed by atoms with Gasteiger partial charge in [0.15, 0.2) is 0 Å². The fourth-order valence-electron chi connectivity index (χ4n) is 3.72. The van der Waals surface area contributed by atoms with Gasteiger partial charge < -0.3 is 10.2 Å². The summed E-state index contributed by atoms with van der Waals surface area (Å²) < 4.78 is 51.5. The van der Waals surface area contributed by atoms with Crippen LogP contribution in [0, 0.1) is 5.82 Å². The third-order valence-electron chi connectivity index (χ3n) is 5.48. The Morgan fingerprint density at radius 1 is 1.06 bits per heavy atom. The molecule has 3 heterocycles. The van der Waals surface area contributed by atoms with Gasteiger partial charge in [0.25, 0.3) is 0 Å². The average molecular weight is 479 g/mol. The summed E-state index contributed by atoms with van der Waals surface area (Å²) >= 11 is 1.51. The Morgan fingerprint density at radius 3 is 2.36 bits per heavy atom. The van der Waals surface area contributed by atoms with E-state index in [1.165, 1.54) is 29.5 Å². The lowest BCUT2D eigenvalue weighted by Crippen LogP contribution is -2.50. The van der Waals surface area contributed by atoms with Crippen molar-refractivity contribution in [2.75, 3.05) is 37.6 Å². The van der Waals surface area contributed by atoms with Crippen molar-refractivity contribution in [3.8, 4) is 0 Å². The van der Waals surface area contributed by atoms with Gasteiger partial charge in [-0.2, -0.15) is 13.2 Å². The van der Waals surface area contributed by atoms with Crippen molar-refractivity contribution in [1.82, 2.24) is 15.2 Å². The fraction of sp³-hybridized carbons (Fsp3) is 0.304. The first kappa shape index (κ1) is 23.2. The van der Waals surface area contributed by atoms with Crippen LogP contribution in [0.15, 0.2) is 60.1 Å². The molecule has 174 valence electrons. The van der Waals surface area contributed by atoms with Gasteiger partial charge in [0, 0.05) is 37.3 Å². The third kappa shape index (κ3) is 5.88. The van der Waals surface area contributed by atoms with E-state index >= 15 is 0 Å². The molecule has 0 aliphatic carbocycles. The van der Waals surface area contributed by atoms with Gasteiger partial charge in [-0.15, -0.1) is 11.3 Å². The molecule has 2 aromatic heterocycles. The molecule has 0 spiro atoms. The van der Waals surface area contributed by atoms with Gasteiger partial charge in [-0.05, 0) is 41.3 Å². The van der Waals surface area contributed by atoms with E-state index in [2.05, 4.69) is 10.3 Å². The van der Waals surface area contributed by atoms with Crippen LogP contribution >= 0.6 is 11.3 Å². The summed E-state index contributed by atoms with van der Waals surface area (Å²) in [7, 11) is 0. The smallest absolute Gasteiger partial charge is 0.354 e. The maximum atomic E-state index is 13.3. The van der Waals surface area contributed by atoms with Crippen LogP contribution in [-0.4, -0.2) is 48.5 Å². The second-order valence-corrected chi connectivity index (χ2v) is 8.71. The summed E-state index contributed by atoms with van der Waals surface area (Å²) in [5, 5.41) is 4.96. The molecular weight excluding hydrogens is 456 g/mol. The van der Waals surface area contributed by atoms with E-state index in [0.717, 1.165) is 22.7 Å². The molecule has 4 rings (SSSR count). The number of aromatic nitrogens is 1. The molecule has 1 aromatic carbocycles. The van der Waals surface area contributed by atoms with Crippen molar-refractivity contribution in [3.63, 3.8) is 0 Å². The predicted octanol–water partition coefficient (Wildman–Crippen LogP) is 4.33. The number of carbonyl (C=O) groups excluding carboxylic acids is 1. The van der Waals surface area contributed by atoms with Gasteiger partial charge in [0.2, 0.25) is 5.91 Å². The average Bonchev–Trinajstić information content (AvgIpc) is 3.33. The number of benzene rings is 1. The number of hydrogen-bond acceptors (Lipinski definition) is 5. The van der Waals surface area contributed by atoms with Crippen LogP contribution in [0.2, 0.25) is 0 Å². The molecule has 0 saturated carbocycles. The topological polar surface area (TPSA) is 48.5 Å². The Kier molecular flexibility index (Phi) is 6.94. The highest BCUT2D eigenvalue weighted by molar-refractivity contribution is 7.10. The Morgan fingerprint density at radius 2 is 1.79 bits per heavy atom. The van der Waals surface area contributed by atoms with Gasteiger partial charge in [0.05, 0.1) is 18.2 Å². The van der Waals surface area contributed by atoms with E-state index in [1.807, 2.05) is 27.3 Å². The minimum atomic E-state index is -4.41. The number of piperazine rings is 1. The normalized spacial score (nSPS) is 15.9. The number of halogens is 4. The Labute approximate surface area is 192 Å². The molecule has 1 atom stereocenters. The zero-order valence-electron chi connectivity index (χ0n) is 17.6. The van der Waals surface area contributed by atoms with E-state index in [4.69, 9.17) is 0 Å². The fourth-order valence-corrected chi connectivity index (χ4v) is 4.52. The number of nitrogens with one attached hydrogen (secondary N) is 1. The molecule has 1 fully saturated rings. The number of hydrogen-bond donors (Lipinski definition) is 1. The maximum absolute atomic E-state index is 13.3. The van der Waals surface area contributed by atoms with Crippen LogP contribution in [0.5, 0.6) is 0 Å². The van der Waals surface area contributed by atoms with Crippen LogP contribution in [0.25, 0.3) is 0 Å². The summed E-state index contributed by atoms with van der Waals surface area (Å²) in [4.78, 5) is 21.6. The Bertz CT molecular complexity index is 1050. The number of rotatable bonds is 6. The second-order valence-electron chi connectivity index (χ2n) is 7.73. The molecule has 5 nitrogen and oxygen atoms in total. The third-order valence-corrected chi connectivity index (χ3v) is 6.41. The molecule has 1 N–H and O–H groups in total. The van der Waals surface area contributed by atoms with Crippen molar-refractivity contribution < 1.29 is 22.4 Å². The monoisotopic (exact) mass is 478 g/mol. The minimum absolute atomic E-state index is 0.154. The van der Waals surface area contributed by atoms with Gasteiger partial charge in [0.1, 0.15) is 11.6 Å². The number of anilines is 1. The largest absolute Gasteiger partial charge is 0.417 e. The molecule has 0 bridgehead atoms. The van der Waals surface area contributed by atoms with E-state index in [1.54, 1.807) is 12.1 Å². The summed E-state index contributed by atoms with van der Waals surface area (Å²) in [6.07, 6.45) is -3.57. The molecule has 1 saturated heterocycles. The highest BCUT2D eigenvalue weighted by Crippen LogP contribution is 2.29. The molecule has 1 amide bonds. The predicted molar refractivity (Wildman–Crippen MR) is 119 cm³/mol. The first-order valence-electron chi connectivity index (χ1n) is 10.4. The number of nitrogens with zero attached hydrogens (tertiary/aromatic N) is 3. The van der Waals surface area contributed by atoms with E-state index in [9.17, 15) is 22.4 Å². The zero-order valence-corrected chi connectivity index (χ0v) is 18.4. The first-order chi connectivity index (χ1) is 15.8. The summed E-state index contributed by atoms with van der Waals surface area (Å²) in [5.74, 6) is -0.00425. The van der Waals surface area contributed by atoms with E-state index < -0.39 is 11.7 Å². The molecule has 1 aliphatic heterocycles. The molecule has 10 heteroatoms. The Balaban J connectivity index is 1.33.